The molecule has 14 heteroatoms. The van der Waals surface area contributed by atoms with Gasteiger partial charge in [0.05, 0.1) is 31.3 Å². The van der Waals surface area contributed by atoms with Gasteiger partial charge >= 0.3 is 11.7 Å². The maximum absolute atomic E-state index is 15.0. The number of nitrogens with zero attached hydrogens (tertiary/aromatic N) is 2. The topological polar surface area (TPSA) is 168 Å². The Bertz CT molecular complexity index is 2280. The van der Waals surface area contributed by atoms with Crippen molar-refractivity contribution in [1.82, 2.24) is 9.13 Å². The number of ketones is 2. The van der Waals surface area contributed by atoms with Gasteiger partial charge in [0.15, 0.2) is 5.75 Å². The molecule has 246 valence electrons. The van der Waals surface area contributed by atoms with Gasteiger partial charge < -0.3 is 29.1 Å². The molecule has 0 saturated carbocycles. The molecule has 1 spiro atoms. The number of halogens is 1. The summed E-state index contributed by atoms with van der Waals surface area (Å²) >= 11 is 6.62. The van der Waals surface area contributed by atoms with Crippen molar-refractivity contribution in [3.63, 3.8) is 0 Å². The summed E-state index contributed by atoms with van der Waals surface area (Å²) in [6.07, 6.45) is 0.0899. The number of methoxy groups -OCH3 is 2. The van der Waals surface area contributed by atoms with Crippen LogP contribution in [0.5, 0.6) is 17.2 Å². The number of hydrogen-bond acceptors (Lipinski definition) is 10. The summed E-state index contributed by atoms with van der Waals surface area (Å²) in [7, 11) is 5.56. The number of nitrogens with one attached hydrogen (secondary N) is 1. The number of carboxylic acids is 1. The minimum Gasteiger partial charge on any atom is -0.496 e. The smallest absolute Gasteiger partial charge is 0.336 e. The quantitative estimate of drug-likeness (QED) is 0.292. The molecule has 0 bridgehead atoms. The van der Waals surface area contributed by atoms with Crippen LogP contribution < -0.4 is 30.8 Å². The first kappa shape index (κ1) is 31.1. The highest BCUT2D eigenvalue weighted by Gasteiger charge is 2.64. The Kier molecular flexibility index (Phi) is 6.95. The molecule has 4 heterocycles. The Morgan fingerprint density at radius 1 is 1.02 bits per heavy atom. The van der Waals surface area contributed by atoms with Crippen LogP contribution in [-0.4, -0.2) is 51.6 Å². The normalized spacial score (nSPS) is 21.0. The van der Waals surface area contributed by atoms with Crippen molar-refractivity contribution in [2.45, 2.75) is 24.9 Å². The lowest BCUT2D eigenvalue weighted by molar-refractivity contribution is -0.130. The lowest BCUT2D eigenvalue weighted by Gasteiger charge is -2.42. The minimum absolute atomic E-state index is 0.0152. The molecule has 13 nitrogen and oxygen atoms in total. The molecule has 2 aromatic carbocycles. The molecular formula is C34H28ClN3O10. The van der Waals surface area contributed by atoms with Crippen molar-refractivity contribution in [3.05, 3.63) is 102 Å². The zero-order chi connectivity index (χ0) is 34.4. The summed E-state index contributed by atoms with van der Waals surface area (Å²) in [4.78, 5) is 68.4. The molecule has 3 atom stereocenters. The van der Waals surface area contributed by atoms with Crippen molar-refractivity contribution in [1.29, 1.82) is 0 Å². The Morgan fingerprint density at radius 3 is 2.42 bits per heavy atom. The maximum atomic E-state index is 15.0. The van der Waals surface area contributed by atoms with E-state index >= 15 is 4.79 Å². The molecule has 2 N–H and O–H groups in total. The lowest BCUT2D eigenvalue weighted by Crippen LogP contribution is -2.58. The molecule has 1 aliphatic carbocycles. The number of aromatic nitrogens is 2. The fraction of sp³-hybridized carbons (Fsp3) is 0.265. The first-order valence-corrected chi connectivity index (χ1v) is 15.2. The third kappa shape index (κ3) is 4.00. The van der Waals surface area contributed by atoms with Crippen molar-refractivity contribution >= 4 is 35.0 Å². The lowest BCUT2D eigenvalue weighted by atomic mass is 9.66. The van der Waals surface area contributed by atoms with Crippen molar-refractivity contribution in [2.24, 2.45) is 20.0 Å². The van der Waals surface area contributed by atoms with E-state index in [2.05, 4.69) is 5.32 Å². The largest absolute Gasteiger partial charge is 0.496 e. The summed E-state index contributed by atoms with van der Waals surface area (Å²) in [5.74, 6) is -3.92. The van der Waals surface area contributed by atoms with Gasteiger partial charge in [0.2, 0.25) is 17.2 Å². The molecule has 0 fully saturated rings. The van der Waals surface area contributed by atoms with E-state index in [1.807, 2.05) is 0 Å². The van der Waals surface area contributed by atoms with Gasteiger partial charge in [-0.1, -0.05) is 36.7 Å². The Morgan fingerprint density at radius 2 is 1.73 bits per heavy atom. The van der Waals surface area contributed by atoms with E-state index in [0.717, 1.165) is 4.57 Å². The highest BCUT2D eigenvalue weighted by Crippen LogP contribution is 2.56. The number of Topliss-reactive ketones (excluding diaryl/α,β-unsaturated/α-hetero) is 2. The Hall–Kier alpha value is -5.56. The second-order valence-corrected chi connectivity index (χ2v) is 12.2. The zero-order valence-electron chi connectivity index (χ0n) is 26.3. The molecule has 2 aromatic heterocycles. The zero-order valence-corrected chi connectivity index (χ0v) is 27.1. The van der Waals surface area contributed by atoms with Crippen LogP contribution in [0.15, 0.2) is 67.7 Å². The standard InChI is InChI=1S/C34H28ClN3O10/c1-14-12-17-22(28(39)34(14)29(40)24-20(45-4)13-21(46-5)26(35)27(24)48-34)23(25-30(36-17)37(2)33(44)38(3)31(25)41)19-11-10-18(47-19)15-8-6-7-9-16(15)32(42)43/h6-11,13-14,23,36H,12H2,1-5H3,(H,42,43)/t14-,23?,34+/m1/s1. The van der Waals surface area contributed by atoms with Crippen LogP contribution in [0.2, 0.25) is 5.02 Å². The van der Waals surface area contributed by atoms with Crippen molar-refractivity contribution < 1.29 is 38.1 Å². The van der Waals surface area contributed by atoms with E-state index < -0.39 is 46.2 Å². The first-order chi connectivity index (χ1) is 22.9. The van der Waals surface area contributed by atoms with Gasteiger partial charge in [0, 0.05) is 42.9 Å². The molecule has 7 rings (SSSR count). The number of ether oxygens (including phenoxy) is 3. The minimum atomic E-state index is -2.10. The van der Waals surface area contributed by atoms with Gasteiger partial charge in [-0.2, -0.15) is 0 Å². The van der Waals surface area contributed by atoms with Crippen LogP contribution in [0.1, 0.15) is 51.3 Å². The number of carbonyl (C=O) groups excluding carboxylic acids is 2. The summed E-state index contributed by atoms with van der Waals surface area (Å²) < 4.78 is 25.6. The van der Waals surface area contributed by atoms with E-state index in [-0.39, 0.29) is 73.9 Å². The molecule has 1 unspecified atom stereocenters. The summed E-state index contributed by atoms with van der Waals surface area (Å²) in [5, 5.41) is 12.9. The number of carboxylic acid groups (broad SMARTS) is 1. The molecular weight excluding hydrogens is 646 g/mol. The van der Waals surface area contributed by atoms with E-state index in [1.165, 1.54) is 51.1 Å². The predicted molar refractivity (Wildman–Crippen MR) is 172 cm³/mol. The predicted octanol–water partition coefficient (Wildman–Crippen LogP) is 4.15. The van der Waals surface area contributed by atoms with Crippen LogP contribution in [0.3, 0.4) is 0 Å². The van der Waals surface area contributed by atoms with Crippen LogP contribution in [0, 0.1) is 5.92 Å². The molecule has 0 amide bonds. The molecule has 3 aliphatic rings. The second kappa shape index (κ2) is 10.7. The summed E-state index contributed by atoms with van der Waals surface area (Å²) in [6, 6.07) is 10.8. The number of benzene rings is 2. The van der Waals surface area contributed by atoms with Crippen LogP contribution in [0.4, 0.5) is 5.82 Å². The SMILES string of the molecule is COc1cc(OC)c2c(c1Cl)O[C@@]1(C(=O)C3=C(C[C@H]1C)Nc1c(c(=O)n(C)c(=O)n1C)C3c1ccc(-c3ccccc3C(=O)O)o1)C2=O. The van der Waals surface area contributed by atoms with E-state index in [0.29, 0.717) is 5.70 Å². The number of aromatic carboxylic acids is 1. The molecule has 0 saturated heterocycles. The molecule has 4 aromatic rings. The Balaban J connectivity index is 1.46. The number of allylic oxidation sites excluding steroid dienone is 1. The number of hydrogen-bond donors (Lipinski definition) is 2. The highest BCUT2D eigenvalue weighted by molar-refractivity contribution is 6.36. The summed E-state index contributed by atoms with van der Waals surface area (Å²) in [6.45, 7) is 1.69. The number of furan rings is 1. The van der Waals surface area contributed by atoms with Gasteiger partial charge in [-0.15, -0.1) is 0 Å². The van der Waals surface area contributed by atoms with E-state index in [4.69, 9.17) is 30.2 Å². The van der Waals surface area contributed by atoms with Crippen molar-refractivity contribution in [3.8, 4) is 28.6 Å². The van der Waals surface area contributed by atoms with Gasteiger partial charge in [-0.3, -0.25) is 23.5 Å². The van der Waals surface area contributed by atoms with Gasteiger partial charge in [0.25, 0.3) is 5.56 Å². The Labute approximate surface area is 276 Å². The number of anilines is 1. The fourth-order valence-corrected chi connectivity index (χ4v) is 7.28. The molecule has 2 aliphatic heterocycles. The fourth-order valence-electron chi connectivity index (χ4n) is 7.01. The molecule has 48 heavy (non-hydrogen) atoms. The third-order valence-corrected chi connectivity index (χ3v) is 9.77. The van der Waals surface area contributed by atoms with Gasteiger partial charge in [0.1, 0.15) is 39.4 Å². The van der Waals surface area contributed by atoms with Crippen molar-refractivity contribution in [2.75, 3.05) is 19.5 Å². The van der Waals surface area contributed by atoms with Crippen LogP contribution in [-0.2, 0) is 18.9 Å². The summed E-state index contributed by atoms with van der Waals surface area (Å²) in [5.41, 5.74) is -2.76. The number of rotatable bonds is 5. The third-order valence-electron chi connectivity index (χ3n) is 9.41. The van der Waals surface area contributed by atoms with Crippen LogP contribution in [0.25, 0.3) is 11.3 Å². The van der Waals surface area contributed by atoms with Gasteiger partial charge in [-0.05, 0) is 24.6 Å². The monoisotopic (exact) mass is 673 g/mol. The number of fused-ring (bicyclic) bond motifs is 2. The molecule has 0 radical (unpaired) electrons. The average Bonchev–Trinajstić information content (AvgIpc) is 3.69. The number of carbonyl (C=O) groups is 3. The average molecular weight is 674 g/mol. The van der Waals surface area contributed by atoms with Gasteiger partial charge in [-0.25, -0.2) is 9.59 Å². The first-order valence-electron chi connectivity index (χ1n) is 14.8. The van der Waals surface area contributed by atoms with E-state index in [9.17, 15) is 24.3 Å². The highest BCUT2D eigenvalue weighted by atomic mass is 35.5. The second-order valence-electron chi connectivity index (χ2n) is 11.9. The van der Waals surface area contributed by atoms with Crippen LogP contribution >= 0.6 is 11.6 Å². The maximum Gasteiger partial charge on any atom is 0.336 e. The van der Waals surface area contributed by atoms with E-state index in [1.54, 1.807) is 31.2 Å².